The molecule has 1 N–H and O–H groups in total. The van der Waals surface area contributed by atoms with Crippen LogP contribution >= 0.6 is 11.6 Å². The molecule has 0 saturated heterocycles. The quantitative estimate of drug-likeness (QED) is 0.937. The number of hydrogen-bond acceptors (Lipinski definition) is 4. The Morgan fingerprint density at radius 1 is 1.19 bits per heavy atom. The Labute approximate surface area is 127 Å². The number of hydrogen-bond donors (Lipinski definition) is 1. The number of nitrogens with zero attached hydrogens (tertiary/aromatic N) is 1. The van der Waals surface area contributed by atoms with Crippen molar-refractivity contribution in [3.63, 3.8) is 0 Å². The van der Waals surface area contributed by atoms with E-state index in [0.29, 0.717) is 22.0 Å². The second-order valence-corrected chi connectivity index (χ2v) is 7.16. The molecule has 0 saturated carbocycles. The summed E-state index contributed by atoms with van der Waals surface area (Å²) >= 11 is 5.71. The molecule has 0 aliphatic heterocycles. The topological polar surface area (TPSA) is 76.1 Å². The first kappa shape index (κ1) is 15.5. The van der Waals surface area contributed by atoms with Crippen molar-refractivity contribution < 1.29 is 13.2 Å². The first-order valence-corrected chi connectivity index (χ1v) is 8.47. The molecule has 0 fully saturated rings. The van der Waals surface area contributed by atoms with Gasteiger partial charge in [0, 0.05) is 18.0 Å². The van der Waals surface area contributed by atoms with Gasteiger partial charge < -0.3 is 5.32 Å². The highest BCUT2D eigenvalue weighted by molar-refractivity contribution is 7.89. The number of benzene rings is 1. The third-order valence-electron chi connectivity index (χ3n) is 2.61. The van der Waals surface area contributed by atoms with E-state index in [0.717, 1.165) is 0 Å². The van der Waals surface area contributed by atoms with Gasteiger partial charge in [-0.05, 0) is 29.8 Å². The summed E-state index contributed by atoms with van der Waals surface area (Å²) in [5, 5.41) is 3.11. The largest absolute Gasteiger partial charge is 0.307 e. The summed E-state index contributed by atoms with van der Waals surface area (Å²) in [5.74, 6) is 0.0218. The summed E-state index contributed by atoms with van der Waals surface area (Å²) in [5.41, 5.74) is 1.06. The van der Waals surface area contributed by atoms with Crippen LogP contribution in [0.1, 0.15) is 15.9 Å². The van der Waals surface area contributed by atoms with Crippen LogP contribution in [0.25, 0.3) is 0 Å². The molecule has 0 spiro atoms. The Morgan fingerprint density at radius 3 is 2.38 bits per heavy atom. The van der Waals surface area contributed by atoms with Crippen molar-refractivity contribution in [2.45, 2.75) is 5.75 Å². The number of aromatic nitrogens is 1. The maximum atomic E-state index is 12.0. The molecule has 1 aromatic heterocycles. The molecule has 0 radical (unpaired) electrons. The first-order valence-electron chi connectivity index (χ1n) is 6.03. The van der Waals surface area contributed by atoms with Gasteiger partial charge in [-0.25, -0.2) is 13.4 Å². The molecular weight excluding hydrogens is 312 g/mol. The summed E-state index contributed by atoms with van der Waals surface area (Å²) in [6.07, 6.45) is 2.60. The maximum Gasteiger partial charge on any atom is 0.256 e. The van der Waals surface area contributed by atoms with Crippen LogP contribution in [-0.4, -0.2) is 25.6 Å². The zero-order valence-corrected chi connectivity index (χ0v) is 12.8. The second kappa shape index (κ2) is 6.24. The van der Waals surface area contributed by atoms with Crippen LogP contribution < -0.4 is 5.32 Å². The Kier molecular flexibility index (Phi) is 4.59. The monoisotopic (exact) mass is 324 g/mol. The normalized spacial score (nSPS) is 11.1. The predicted octanol–water partition coefficient (Wildman–Crippen LogP) is 2.53. The van der Waals surface area contributed by atoms with E-state index in [1.54, 1.807) is 36.4 Å². The summed E-state index contributed by atoms with van der Waals surface area (Å²) in [4.78, 5) is 16.0. The van der Waals surface area contributed by atoms with Crippen molar-refractivity contribution in [1.29, 1.82) is 0 Å². The van der Waals surface area contributed by atoms with E-state index in [4.69, 9.17) is 11.6 Å². The lowest BCUT2D eigenvalue weighted by Crippen LogP contribution is -2.13. The molecule has 2 aromatic rings. The predicted molar refractivity (Wildman–Crippen MR) is 82.2 cm³/mol. The van der Waals surface area contributed by atoms with Crippen molar-refractivity contribution in [1.82, 2.24) is 4.98 Å². The number of pyridine rings is 1. The van der Waals surface area contributed by atoms with E-state index < -0.39 is 9.84 Å². The van der Waals surface area contributed by atoms with Crippen LogP contribution in [0.5, 0.6) is 0 Å². The minimum atomic E-state index is -3.09. The Hall–Kier alpha value is -1.92. The van der Waals surface area contributed by atoms with Crippen LogP contribution in [0, 0.1) is 0 Å². The maximum absolute atomic E-state index is 12.0. The molecular formula is C14H13ClN2O3S. The molecule has 1 aromatic carbocycles. The number of amides is 1. The van der Waals surface area contributed by atoms with Gasteiger partial charge in [0.1, 0.15) is 5.82 Å². The number of rotatable bonds is 4. The fraction of sp³-hybridized carbons (Fsp3) is 0.143. The van der Waals surface area contributed by atoms with Crippen molar-refractivity contribution >= 4 is 33.2 Å². The van der Waals surface area contributed by atoms with Crippen molar-refractivity contribution in [2.75, 3.05) is 11.6 Å². The van der Waals surface area contributed by atoms with Crippen molar-refractivity contribution in [2.24, 2.45) is 0 Å². The molecule has 7 heteroatoms. The van der Waals surface area contributed by atoms with Crippen LogP contribution in [0.4, 0.5) is 5.82 Å². The van der Waals surface area contributed by atoms with Crippen LogP contribution in [0.3, 0.4) is 0 Å². The standard InChI is InChI=1S/C14H13ClN2O3S/c1-21(19,20)9-10-2-4-11(5-3-10)14(18)17-13-7-6-12(15)8-16-13/h2-8H,9H2,1H3,(H,16,17,18). The van der Waals surface area contributed by atoms with Gasteiger partial charge in [0.05, 0.1) is 10.8 Å². The number of carbonyl (C=O) groups is 1. The molecule has 1 heterocycles. The molecule has 110 valence electrons. The molecule has 5 nitrogen and oxygen atoms in total. The lowest BCUT2D eigenvalue weighted by Gasteiger charge is -2.05. The fourth-order valence-electron chi connectivity index (χ4n) is 1.69. The number of anilines is 1. The van der Waals surface area contributed by atoms with E-state index in [2.05, 4.69) is 10.3 Å². The molecule has 2 rings (SSSR count). The van der Waals surface area contributed by atoms with E-state index in [1.807, 2.05) is 0 Å². The third kappa shape index (κ3) is 4.84. The average Bonchev–Trinajstić information content (AvgIpc) is 2.40. The molecule has 0 unspecified atom stereocenters. The molecule has 21 heavy (non-hydrogen) atoms. The van der Waals surface area contributed by atoms with Gasteiger partial charge in [0.25, 0.3) is 5.91 Å². The molecule has 0 aliphatic rings. The van der Waals surface area contributed by atoms with Gasteiger partial charge >= 0.3 is 0 Å². The molecule has 0 atom stereocenters. The summed E-state index contributed by atoms with van der Waals surface area (Å²) < 4.78 is 22.4. The Morgan fingerprint density at radius 2 is 1.86 bits per heavy atom. The van der Waals surface area contributed by atoms with Crippen molar-refractivity contribution in [3.8, 4) is 0 Å². The van der Waals surface area contributed by atoms with E-state index in [-0.39, 0.29) is 11.7 Å². The summed E-state index contributed by atoms with van der Waals surface area (Å²) in [7, 11) is -3.09. The third-order valence-corrected chi connectivity index (χ3v) is 3.70. The second-order valence-electron chi connectivity index (χ2n) is 4.58. The Bertz CT molecular complexity index is 741. The van der Waals surface area contributed by atoms with Gasteiger partial charge in [-0.3, -0.25) is 4.79 Å². The Balaban J connectivity index is 2.08. The minimum absolute atomic E-state index is 0.0480. The number of carbonyl (C=O) groups excluding carboxylic acids is 1. The summed E-state index contributed by atoms with van der Waals surface area (Å²) in [6, 6.07) is 9.60. The zero-order valence-electron chi connectivity index (χ0n) is 11.2. The first-order chi connectivity index (χ1) is 9.83. The lowest BCUT2D eigenvalue weighted by molar-refractivity contribution is 0.102. The van der Waals surface area contributed by atoms with Crippen molar-refractivity contribution in [3.05, 3.63) is 58.7 Å². The smallest absolute Gasteiger partial charge is 0.256 e. The van der Waals surface area contributed by atoms with E-state index in [1.165, 1.54) is 12.5 Å². The zero-order chi connectivity index (χ0) is 15.5. The van der Waals surface area contributed by atoms with Gasteiger partial charge in [-0.15, -0.1) is 0 Å². The highest BCUT2D eigenvalue weighted by Gasteiger charge is 2.09. The van der Waals surface area contributed by atoms with Gasteiger partial charge in [0.15, 0.2) is 9.84 Å². The molecule has 0 bridgehead atoms. The van der Waals surface area contributed by atoms with E-state index in [9.17, 15) is 13.2 Å². The lowest BCUT2D eigenvalue weighted by atomic mass is 10.1. The molecule has 0 aliphatic carbocycles. The van der Waals surface area contributed by atoms with Crippen LogP contribution in [0.15, 0.2) is 42.6 Å². The highest BCUT2D eigenvalue weighted by Crippen LogP contribution is 2.12. The van der Waals surface area contributed by atoms with Crippen LogP contribution in [-0.2, 0) is 15.6 Å². The number of sulfone groups is 1. The SMILES string of the molecule is CS(=O)(=O)Cc1ccc(C(=O)Nc2ccc(Cl)cn2)cc1. The highest BCUT2D eigenvalue weighted by atomic mass is 35.5. The number of halogens is 1. The van der Waals surface area contributed by atoms with Gasteiger partial charge in [-0.2, -0.15) is 0 Å². The fourth-order valence-corrected chi connectivity index (χ4v) is 2.60. The average molecular weight is 325 g/mol. The summed E-state index contributed by atoms with van der Waals surface area (Å²) in [6.45, 7) is 0. The minimum Gasteiger partial charge on any atom is -0.307 e. The van der Waals surface area contributed by atoms with E-state index >= 15 is 0 Å². The van der Waals surface area contributed by atoms with Gasteiger partial charge in [0.2, 0.25) is 0 Å². The van der Waals surface area contributed by atoms with Crippen LogP contribution in [0.2, 0.25) is 5.02 Å². The molecule has 1 amide bonds. The number of nitrogens with one attached hydrogen (secondary N) is 1. The van der Waals surface area contributed by atoms with Gasteiger partial charge in [-0.1, -0.05) is 23.7 Å².